The van der Waals surface area contributed by atoms with E-state index in [1.54, 1.807) is 23.6 Å². The number of benzene rings is 1. The van der Waals surface area contributed by atoms with E-state index < -0.39 is 0 Å². The summed E-state index contributed by atoms with van der Waals surface area (Å²) in [5.41, 5.74) is 1.47. The number of carbonyl (C=O) groups excluding carboxylic acids is 1. The molecule has 2 aromatic heterocycles. The monoisotopic (exact) mass is 347 g/mol. The fraction of sp³-hybridized carbons (Fsp3) is 0.0667. The smallest absolute Gasteiger partial charge is 0.340 e. The van der Waals surface area contributed by atoms with Gasteiger partial charge in [-0.2, -0.15) is 0 Å². The molecule has 3 aromatic rings. The molecule has 0 N–H and O–H groups in total. The van der Waals surface area contributed by atoms with E-state index >= 15 is 0 Å². The van der Waals surface area contributed by atoms with Gasteiger partial charge in [0.05, 0.1) is 5.56 Å². The van der Waals surface area contributed by atoms with Gasteiger partial charge in [0.15, 0.2) is 0 Å². The van der Waals surface area contributed by atoms with Gasteiger partial charge >= 0.3 is 5.97 Å². The van der Waals surface area contributed by atoms with Crippen molar-refractivity contribution in [2.75, 3.05) is 0 Å². The van der Waals surface area contributed by atoms with Crippen molar-refractivity contribution in [2.24, 2.45) is 0 Å². The predicted octanol–water partition coefficient (Wildman–Crippen LogP) is 4.42. The van der Waals surface area contributed by atoms with Gasteiger partial charge < -0.3 is 4.74 Å². The van der Waals surface area contributed by atoms with E-state index in [1.807, 2.05) is 23.6 Å². The van der Waals surface area contributed by atoms with Crippen LogP contribution in [0.15, 0.2) is 52.6 Å². The lowest BCUT2D eigenvalue weighted by Crippen LogP contribution is -2.05. The molecule has 0 aliphatic heterocycles. The van der Waals surface area contributed by atoms with Gasteiger partial charge in [-0.1, -0.05) is 18.2 Å². The van der Waals surface area contributed by atoms with Crippen LogP contribution in [0, 0.1) is 0 Å². The molecule has 0 spiro atoms. The van der Waals surface area contributed by atoms with Gasteiger partial charge in [0.2, 0.25) is 0 Å². The fourth-order valence-electron chi connectivity index (χ4n) is 1.89. The number of carbonyl (C=O) groups is 1. The summed E-state index contributed by atoms with van der Waals surface area (Å²) in [6, 6.07) is 9.78. The lowest BCUT2D eigenvalue weighted by molar-refractivity contribution is 0.0474. The molecule has 0 unspecified atom stereocenters. The first kappa shape index (κ1) is 13.3. The summed E-state index contributed by atoms with van der Waals surface area (Å²) < 4.78 is 7.30. The standard InChI is InChI=1S/C15H10BrNO2S/c16-12-5-10(6-17-7-12)15(18)19-8-11-9-20-14-4-2-1-3-13(11)14/h1-7,9H,8H2. The molecular weight excluding hydrogens is 338 g/mol. The van der Waals surface area contributed by atoms with Crippen molar-refractivity contribution in [3.63, 3.8) is 0 Å². The van der Waals surface area contributed by atoms with Gasteiger partial charge in [-0.25, -0.2) is 4.79 Å². The van der Waals surface area contributed by atoms with Crippen LogP contribution in [0.5, 0.6) is 0 Å². The maximum atomic E-state index is 11.9. The third-order valence-electron chi connectivity index (χ3n) is 2.86. The van der Waals surface area contributed by atoms with Crippen LogP contribution in [0.25, 0.3) is 10.1 Å². The van der Waals surface area contributed by atoms with E-state index in [1.165, 1.54) is 10.9 Å². The topological polar surface area (TPSA) is 39.2 Å². The summed E-state index contributed by atoms with van der Waals surface area (Å²) in [6.07, 6.45) is 3.13. The minimum Gasteiger partial charge on any atom is -0.457 e. The molecule has 0 bridgehead atoms. The van der Waals surface area contributed by atoms with E-state index in [-0.39, 0.29) is 12.6 Å². The fourth-order valence-corrected chi connectivity index (χ4v) is 3.21. The number of aromatic nitrogens is 1. The molecule has 0 fully saturated rings. The third-order valence-corrected chi connectivity index (χ3v) is 4.31. The third kappa shape index (κ3) is 2.73. The van der Waals surface area contributed by atoms with Crippen LogP contribution in [0.1, 0.15) is 15.9 Å². The van der Waals surface area contributed by atoms with Crippen molar-refractivity contribution in [2.45, 2.75) is 6.61 Å². The van der Waals surface area contributed by atoms with E-state index in [9.17, 15) is 4.79 Å². The van der Waals surface area contributed by atoms with E-state index in [2.05, 4.69) is 27.0 Å². The Morgan fingerprint density at radius 3 is 3.00 bits per heavy atom. The Hall–Kier alpha value is -1.72. The molecule has 0 aliphatic carbocycles. The van der Waals surface area contributed by atoms with Crippen molar-refractivity contribution in [3.8, 4) is 0 Å². The maximum absolute atomic E-state index is 11.9. The predicted molar refractivity (Wildman–Crippen MR) is 82.9 cm³/mol. The highest BCUT2D eigenvalue weighted by Gasteiger charge is 2.10. The SMILES string of the molecule is O=C(OCc1csc2ccccc12)c1cncc(Br)c1. The van der Waals surface area contributed by atoms with Crippen molar-refractivity contribution in [1.82, 2.24) is 4.98 Å². The van der Waals surface area contributed by atoms with E-state index in [0.717, 1.165) is 15.4 Å². The van der Waals surface area contributed by atoms with Crippen LogP contribution in [-0.2, 0) is 11.3 Å². The van der Waals surface area contributed by atoms with Gasteiger partial charge in [-0.3, -0.25) is 4.98 Å². The number of fused-ring (bicyclic) bond motifs is 1. The second kappa shape index (κ2) is 5.73. The first-order valence-electron chi connectivity index (χ1n) is 5.97. The molecule has 0 saturated carbocycles. The number of pyridine rings is 1. The zero-order valence-corrected chi connectivity index (χ0v) is 12.8. The minimum atomic E-state index is -0.367. The normalized spacial score (nSPS) is 10.7. The highest BCUT2D eigenvalue weighted by molar-refractivity contribution is 9.10. The van der Waals surface area contributed by atoms with Gasteiger partial charge in [-0.05, 0) is 38.8 Å². The second-order valence-electron chi connectivity index (χ2n) is 4.23. The number of esters is 1. The summed E-state index contributed by atoms with van der Waals surface area (Å²) in [5, 5.41) is 3.16. The Morgan fingerprint density at radius 2 is 2.15 bits per heavy atom. The lowest BCUT2D eigenvalue weighted by atomic mass is 10.2. The first-order chi connectivity index (χ1) is 9.74. The van der Waals surface area contributed by atoms with E-state index in [4.69, 9.17) is 4.74 Å². The summed E-state index contributed by atoms with van der Waals surface area (Å²) >= 11 is 4.94. The Bertz CT molecular complexity index is 769. The van der Waals surface area contributed by atoms with Crippen molar-refractivity contribution < 1.29 is 9.53 Å². The molecule has 0 radical (unpaired) electrons. The largest absolute Gasteiger partial charge is 0.457 e. The van der Waals surface area contributed by atoms with Gasteiger partial charge in [0.1, 0.15) is 6.61 Å². The summed E-state index contributed by atoms with van der Waals surface area (Å²) in [7, 11) is 0. The average Bonchev–Trinajstić information content (AvgIpc) is 2.88. The van der Waals surface area contributed by atoms with Crippen LogP contribution in [0.4, 0.5) is 0 Å². The highest BCUT2D eigenvalue weighted by Crippen LogP contribution is 2.26. The molecule has 3 rings (SSSR count). The first-order valence-corrected chi connectivity index (χ1v) is 7.64. The molecule has 5 heteroatoms. The molecule has 100 valence electrons. The van der Waals surface area contributed by atoms with Crippen molar-refractivity contribution >= 4 is 43.3 Å². The Kier molecular flexibility index (Phi) is 3.80. The number of thiophene rings is 1. The quantitative estimate of drug-likeness (QED) is 0.658. The summed E-state index contributed by atoms with van der Waals surface area (Å²) in [4.78, 5) is 15.9. The Labute approximate surface area is 128 Å². The molecule has 2 heterocycles. The number of halogens is 1. The molecule has 0 atom stereocenters. The number of ether oxygens (including phenoxy) is 1. The molecule has 0 saturated heterocycles. The molecule has 0 amide bonds. The second-order valence-corrected chi connectivity index (χ2v) is 6.05. The van der Waals surface area contributed by atoms with Crippen molar-refractivity contribution in [3.05, 3.63) is 63.7 Å². The van der Waals surface area contributed by atoms with Crippen molar-refractivity contribution in [1.29, 1.82) is 0 Å². The number of nitrogens with zero attached hydrogens (tertiary/aromatic N) is 1. The maximum Gasteiger partial charge on any atom is 0.340 e. The van der Waals surface area contributed by atoms with E-state index in [0.29, 0.717) is 5.56 Å². The van der Waals surface area contributed by atoms with Crippen LogP contribution < -0.4 is 0 Å². The van der Waals surface area contributed by atoms with Crippen LogP contribution in [-0.4, -0.2) is 11.0 Å². The van der Waals surface area contributed by atoms with Crippen LogP contribution in [0.3, 0.4) is 0 Å². The Morgan fingerprint density at radius 1 is 1.30 bits per heavy atom. The Balaban J connectivity index is 1.75. The van der Waals surface area contributed by atoms with Gasteiger partial charge in [0.25, 0.3) is 0 Å². The average molecular weight is 348 g/mol. The highest BCUT2D eigenvalue weighted by atomic mass is 79.9. The molecule has 3 nitrogen and oxygen atoms in total. The molecule has 20 heavy (non-hydrogen) atoms. The molecular formula is C15H10BrNO2S. The van der Waals surface area contributed by atoms with Crippen LogP contribution in [0.2, 0.25) is 0 Å². The number of rotatable bonds is 3. The zero-order valence-electron chi connectivity index (χ0n) is 10.4. The number of hydrogen-bond donors (Lipinski definition) is 0. The summed E-state index contributed by atoms with van der Waals surface area (Å²) in [5.74, 6) is -0.367. The lowest BCUT2D eigenvalue weighted by Gasteiger charge is -2.04. The minimum absolute atomic E-state index is 0.273. The van der Waals surface area contributed by atoms with Gasteiger partial charge in [0, 0.05) is 27.1 Å². The summed E-state index contributed by atoms with van der Waals surface area (Å²) in [6.45, 7) is 0.273. The number of hydrogen-bond acceptors (Lipinski definition) is 4. The van der Waals surface area contributed by atoms with Gasteiger partial charge in [-0.15, -0.1) is 11.3 Å². The molecule has 0 aliphatic rings. The zero-order chi connectivity index (χ0) is 13.9. The van der Waals surface area contributed by atoms with Crippen LogP contribution >= 0.6 is 27.3 Å². The molecule has 1 aromatic carbocycles.